The molecule has 4 rings (SSSR count). The van der Waals surface area contributed by atoms with Gasteiger partial charge < -0.3 is 24.2 Å². The van der Waals surface area contributed by atoms with Gasteiger partial charge in [0, 0.05) is 36.6 Å². The van der Waals surface area contributed by atoms with Crippen LogP contribution in [0.25, 0.3) is 21.7 Å². The molecule has 0 fully saturated rings. The summed E-state index contributed by atoms with van der Waals surface area (Å²) in [5.74, 6) is 0.521. The smallest absolute Gasteiger partial charge is 0.443 e. The van der Waals surface area contributed by atoms with Crippen molar-refractivity contribution in [2.45, 2.75) is 66.2 Å². The number of hydroxylamine groups is 2. The second kappa shape index (κ2) is 12.3. The van der Waals surface area contributed by atoms with Crippen LogP contribution in [0.4, 0.5) is 15.0 Å². The van der Waals surface area contributed by atoms with E-state index in [1.807, 2.05) is 45.0 Å². The third-order valence-electron chi connectivity index (χ3n) is 6.77. The van der Waals surface area contributed by atoms with Gasteiger partial charge in [-0.2, -0.15) is 0 Å². The summed E-state index contributed by atoms with van der Waals surface area (Å²) >= 11 is 0. The molecule has 2 heterocycles. The number of hydrogen-bond acceptors (Lipinski definition) is 7. The van der Waals surface area contributed by atoms with E-state index < -0.39 is 23.6 Å². The van der Waals surface area contributed by atoms with E-state index in [-0.39, 0.29) is 17.2 Å². The number of anilines is 1. The monoisotopic (exact) mass is 578 g/mol. The zero-order valence-electron chi connectivity index (χ0n) is 25.4. The molecule has 1 atom stereocenters. The number of nitrogens with one attached hydrogen (secondary N) is 1. The molecular weight excluding hydrogens is 539 g/mol. The largest absolute Gasteiger partial charge is 0.497 e. The SMILES string of the molecule is COc1ccc(CNc2nccc3c2c(=O)n(C)c2cc(ON(C(=O)OC(C)(C)C)[C@@H](C)CC(C)C)c(F)cc32)cc1. The molecule has 0 aliphatic carbocycles. The van der Waals surface area contributed by atoms with Crippen molar-refractivity contribution in [3.8, 4) is 11.5 Å². The van der Waals surface area contributed by atoms with Crippen LogP contribution < -0.4 is 20.5 Å². The molecule has 224 valence electrons. The number of rotatable bonds is 9. The third kappa shape index (κ3) is 6.75. The van der Waals surface area contributed by atoms with Crippen LogP contribution in [0, 0.1) is 11.7 Å². The predicted octanol–water partition coefficient (Wildman–Crippen LogP) is 6.81. The molecule has 0 bridgehead atoms. The number of carbonyl (C=O) groups is 1. The number of benzene rings is 2. The van der Waals surface area contributed by atoms with Crippen molar-refractivity contribution >= 4 is 33.6 Å². The van der Waals surface area contributed by atoms with Crippen molar-refractivity contribution in [2.24, 2.45) is 13.0 Å². The number of aryl methyl sites for hydroxylation is 1. The van der Waals surface area contributed by atoms with Crippen LogP contribution in [0.5, 0.6) is 11.5 Å². The van der Waals surface area contributed by atoms with Crippen molar-refractivity contribution in [1.82, 2.24) is 14.6 Å². The molecule has 2 aromatic heterocycles. The number of nitrogens with zero attached hydrogens (tertiary/aromatic N) is 3. The molecule has 10 heteroatoms. The zero-order valence-corrected chi connectivity index (χ0v) is 25.4. The first-order valence-electron chi connectivity index (χ1n) is 14.0. The van der Waals surface area contributed by atoms with Crippen LogP contribution in [0.2, 0.25) is 0 Å². The maximum atomic E-state index is 15.7. The van der Waals surface area contributed by atoms with Gasteiger partial charge in [0.1, 0.15) is 17.2 Å². The molecule has 0 saturated carbocycles. The number of aromatic nitrogens is 2. The maximum Gasteiger partial charge on any atom is 0.443 e. The molecule has 0 spiro atoms. The fraction of sp³-hybridized carbons (Fsp3) is 0.406. The highest BCUT2D eigenvalue weighted by Crippen LogP contribution is 2.32. The number of fused-ring (bicyclic) bond motifs is 3. The Bertz CT molecular complexity index is 1640. The Morgan fingerprint density at radius 1 is 1.10 bits per heavy atom. The van der Waals surface area contributed by atoms with Gasteiger partial charge in [-0.1, -0.05) is 26.0 Å². The molecule has 0 radical (unpaired) electrons. The van der Waals surface area contributed by atoms with E-state index in [1.54, 1.807) is 47.2 Å². The van der Waals surface area contributed by atoms with E-state index in [9.17, 15) is 9.59 Å². The number of pyridine rings is 2. The predicted molar refractivity (Wildman–Crippen MR) is 162 cm³/mol. The average molecular weight is 579 g/mol. The van der Waals surface area contributed by atoms with E-state index in [0.29, 0.717) is 40.5 Å². The molecule has 4 aromatic rings. The molecule has 1 N–H and O–H groups in total. The van der Waals surface area contributed by atoms with Crippen LogP contribution in [0.1, 0.15) is 53.5 Å². The van der Waals surface area contributed by atoms with E-state index >= 15 is 4.39 Å². The lowest BCUT2D eigenvalue weighted by atomic mass is 10.1. The van der Waals surface area contributed by atoms with Gasteiger partial charge in [-0.25, -0.2) is 14.2 Å². The minimum Gasteiger partial charge on any atom is -0.497 e. The van der Waals surface area contributed by atoms with Crippen LogP contribution in [0.3, 0.4) is 0 Å². The van der Waals surface area contributed by atoms with Crippen LogP contribution in [-0.2, 0) is 18.3 Å². The minimum absolute atomic E-state index is 0.190. The van der Waals surface area contributed by atoms with E-state index in [2.05, 4.69) is 10.3 Å². The standard InChI is InChI=1S/C32H39FN4O5/c1-19(2)15-20(3)37(31(39)41-32(4,5)6)42-27-17-26-24(16-25(27)33)23-13-14-34-29(28(23)30(38)36(26)7)35-18-21-9-11-22(40-8)12-10-21/h9-14,16-17,19-20H,15,18H2,1-8H3,(H,34,35)/t20-/m0/s1. The number of methoxy groups -OCH3 is 1. The van der Waals surface area contributed by atoms with Crippen molar-refractivity contribution in [3.05, 3.63) is 70.4 Å². The van der Waals surface area contributed by atoms with Gasteiger partial charge >= 0.3 is 6.09 Å². The molecule has 0 saturated heterocycles. The Morgan fingerprint density at radius 3 is 2.40 bits per heavy atom. The Morgan fingerprint density at radius 2 is 1.79 bits per heavy atom. The van der Waals surface area contributed by atoms with E-state index in [4.69, 9.17) is 14.3 Å². The molecule has 9 nitrogen and oxygen atoms in total. The fourth-order valence-corrected chi connectivity index (χ4v) is 4.85. The number of ether oxygens (including phenoxy) is 2. The first-order chi connectivity index (χ1) is 19.8. The lowest BCUT2D eigenvalue weighted by Crippen LogP contribution is -2.45. The Balaban J connectivity index is 1.74. The molecule has 42 heavy (non-hydrogen) atoms. The fourth-order valence-electron chi connectivity index (χ4n) is 4.85. The van der Waals surface area contributed by atoms with Crippen molar-refractivity contribution in [3.63, 3.8) is 0 Å². The summed E-state index contributed by atoms with van der Waals surface area (Å²) in [7, 11) is 3.22. The van der Waals surface area contributed by atoms with Gasteiger partial charge in [0.05, 0.1) is 24.1 Å². The average Bonchev–Trinajstić information content (AvgIpc) is 2.92. The van der Waals surface area contributed by atoms with Crippen LogP contribution >= 0.6 is 0 Å². The van der Waals surface area contributed by atoms with E-state index in [1.165, 1.54) is 16.7 Å². The van der Waals surface area contributed by atoms with E-state index in [0.717, 1.165) is 16.4 Å². The minimum atomic E-state index is -0.770. The van der Waals surface area contributed by atoms with Crippen molar-refractivity contribution < 1.29 is 23.5 Å². The van der Waals surface area contributed by atoms with Gasteiger partial charge in [0.2, 0.25) is 0 Å². The van der Waals surface area contributed by atoms with Gasteiger partial charge in [-0.3, -0.25) is 4.79 Å². The molecule has 2 aromatic carbocycles. The zero-order chi connectivity index (χ0) is 30.8. The first-order valence-corrected chi connectivity index (χ1v) is 14.0. The maximum absolute atomic E-state index is 15.7. The summed E-state index contributed by atoms with van der Waals surface area (Å²) in [6, 6.07) is 11.6. The van der Waals surface area contributed by atoms with Crippen molar-refractivity contribution in [2.75, 3.05) is 12.4 Å². The number of hydrogen-bond donors (Lipinski definition) is 1. The Kier molecular flexibility index (Phi) is 8.94. The lowest BCUT2D eigenvalue weighted by molar-refractivity contribution is -0.0983. The molecule has 1 amide bonds. The summed E-state index contributed by atoms with van der Waals surface area (Å²) in [5, 5.41) is 5.71. The Hall–Kier alpha value is -4.34. The molecule has 0 aliphatic heterocycles. The quantitative estimate of drug-likeness (QED) is 0.172. The highest BCUT2D eigenvalue weighted by atomic mass is 19.1. The summed E-state index contributed by atoms with van der Waals surface area (Å²) in [6.45, 7) is 11.5. The first kappa shape index (κ1) is 30.6. The summed E-state index contributed by atoms with van der Waals surface area (Å²) < 4.78 is 27.9. The van der Waals surface area contributed by atoms with Gasteiger partial charge in [0.15, 0.2) is 11.6 Å². The Labute approximate surface area is 245 Å². The molecule has 0 unspecified atom stereocenters. The summed E-state index contributed by atoms with van der Waals surface area (Å²) in [4.78, 5) is 37.0. The van der Waals surface area contributed by atoms with Gasteiger partial charge in [0.25, 0.3) is 5.56 Å². The van der Waals surface area contributed by atoms with Gasteiger partial charge in [-0.15, -0.1) is 5.06 Å². The van der Waals surface area contributed by atoms with Gasteiger partial charge in [-0.05, 0) is 69.9 Å². The van der Waals surface area contributed by atoms with Crippen LogP contribution in [-0.4, -0.2) is 39.5 Å². The third-order valence-corrected chi connectivity index (χ3v) is 6.77. The second-order valence-electron chi connectivity index (χ2n) is 11.8. The second-order valence-corrected chi connectivity index (χ2v) is 11.8. The highest BCUT2D eigenvalue weighted by molar-refractivity contribution is 6.09. The number of carbonyl (C=O) groups excluding carboxylic acids is 1. The molecule has 0 aliphatic rings. The lowest BCUT2D eigenvalue weighted by Gasteiger charge is -2.31. The van der Waals surface area contributed by atoms with Crippen molar-refractivity contribution in [1.29, 1.82) is 0 Å². The normalized spacial score (nSPS) is 12.4. The summed E-state index contributed by atoms with van der Waals surface area (Å²) in [6.07, 6.45) is 1.47. The van der Waals surface area contributed by atoms with Crippen LogP contribution in [0.15, 0.2) is 53.5 Å². The summed E-state index contributed by atoms with van der Waals surface area (Å²) in [5.41, 5.74) is 0.337. The molecular formula is C32H39FN4O5. The highest BCUT2D eigenvalue weighted by Gasteiger charge is 2.30. The number of amides is 1. The topological polar surface area (TPSA) is 94.9 Å². The number of halogens is 1.